The van der Waals surface area contributed by atoms with Crippen molar-refractivity contribution in [1.29, 1.82) is 0 Å². The molecule has 0 saturated heterocycles. The molecular formula is C13H9FO2S. The van der Waals surface area contributed by atoms with Gasteiger partial charge in [0.2, 0.25) is 0 Å². The van der Waals surface area contributed by atoms with Gasteiger partial charge in [-0.3, -0.25) is 0 Å². The first-order chi connectivity index (χ1) is 8.25. The lowest BCUT2D eigenvalue weighted by atomic mass is 10.2. The van der Waals surface area contributed by atoms with E-state index in [-0.39, 0.29) is 5.58 Å². The third-order valence-electron chi connectivity index (χ3n) is 2.60. The molecule has 1 N–H and O–H groups in total. The predicted octanol–water partition coefficient (Wildman–Crippen LogP) is 3.72. The van der Waals surface area contributed by atoms with Gasteiger partial charge in [0.25, 0.3) is 0 Å². The average molecular weight is 248 g/mol. The number of hydrogen-bond donors (Lipinski definition) is 1. The Morgan fingerprint density at radius 3 is 2.82 bits per heavy atom. The van der Waals surface area contributed by atoms with Gasteiger partial charge >= 0.3 is 0 Å². The zero-order valence-corrected chi connectivity index (χ0v) is 9.58. The van der Waals surface area contributed by atoms with Crippen LogP contribution in [0.5, 0.6) is 0 Å². The van der Waals surface area contributed by atoms with Crippen LogP contribution in [0, 0.1) is 5.82 Å². The van der Waals surface area contributed by atoms with Gasteiger partial charge in [-0.15, -0.1) is 11.3 Å². The first-order valence-corrected chi connectivity index (χ1v) is 6.03. The van der Waals surface area contributed by atoms with E-state index in [1.54, 1.807) is 18.2 Å². The van der Waals surface area contributed by atoms with Crippen molar-refractivity contribution in [3.8, 4) is 0 Å². The molecule has 4 heteroatoms. The molecule has 1 atom stereocenters. The highest BCUT2D eigenvalue weighted by atomic mass is 32.1. The van der Waals surface area contributed by atoms with Gasteiger partial charge in [0, 0.05) is 10.3 Å². The summed E-state index contributed by atoms with van der Waals surface area (Å²) in [5.74, 6) is -0.0420. The van der Waals surface area contributed by atoms with E-state index in [2.05, 4.69) is 0 Å². The minimum absolute atomic E-state index is 0.193. The first kappa shape index (κ1) is 10.5. The van der Waals surface area contributed by atoms with E-state index in [1.807, 2.05) is 17.5 Å². The molecule has 0 amide bonds. The number of fused-ring (bicyclic) bond motifs is 1. The zero-order valence-electron chi connectivity index (χ0n) is 8.76. The summed E-state index contributed by atoms with van der Waals surface area (Å²) in [6, 6.07) is 10.1. The van der Waals surface area contributed by atoms with E-state index in [9.17, 15) is 9.50 Å². The molecule has 1 aromatic carbocycles. The molecule has 0 saturated carbocycles. The second-order valence-electron chi connectivity index (χ2n) is 3.72. The lowest BCUT2D eigenvalue weighted by molar-refractivity contribution is 0.195. The summed E-state index contributed by atoms with van der Waals surface area (Å²) in [6.45, 7) is 0. The third-order valence-corrected chi connectivity index (χ3v) is 3.52. The molecule has 3 aromatic rings. The van der Waals surface area contributed by atoms with Crippen LogP contribution >= 0.6 is 11.3 Å². The minimum atomic E-state index is -0.832. The maximum absolute atomic E-state index is 13.4. The number of hydrogen-bond acceptors (Lipinski definition) is 3. The Hall–Kier alpha value is -1.65. The maximum Gasteiger partial charge on any atom is 0.170 e. The van der Waals surface area contributed by atoms with Crippen molar-refractivity contribution in [2.45, 2.75) is 6.10 Å². The second-order valence-corrected chi connectivity index (χ2v) is 4.70. The maximum atomic E-state index is 13.4. The van der Waals surface area contributed by atoms with Crippen molar-refractivity contribution < 1.29 is 13.9 Å². The molecule has 1 unspecified atom stereocenters. The molecule has 2 nitrogen and oxygen atoms in total. The van der Waals surface area contributed by atoms with E-state index >= 15 is 0 Å². The summed E-state index contributed by atoms with van der Waals surface area (Å²) in [6.07, 6.45) is -0.832. The molecule has 2 aromatic heterocycles. The van der Waals surface area contributed by atoms with E-state index in [4.69, 9.17) is 4.42 Å². The van der Waals surface area contributed by atoms with Gasteiger partial charge in [0.1, 0.15) is 11.9 Å². The SMILES string of the molecule is OC(c1cc2cccc(F)c2o1)c1cccs1. The van der Waals surface area contributed by atoms with Crippen molar-refractivity contribution in [2.24, 2.45) is 0 Å². The summed E-state index contributed by atoms with van der Waals surface area (Å²) in [5, 5.41) is 12.6. The lowest BCUT2D eigenvalue weighted by Crippen LogP contribution is -1.93. The monoisotopic (exact) mass is 248 g/mol. The normalized spacial score (nSPS) is 13.1. The first-order valence-electron chi connectivity index (χ1n) is 5.15. The van der Waals surface area contributed by atoms with Crippen LogP contribution in [0.1, 0.15) is 16.7 Å². The molecule has 17 heavy (non-hydrogen) atoms. The fourth-order valence-electron chi connectivity index (χ4n) is 1.77. The minimum Gasteiger partial charge on any atom is -0.455 e. The Bertz CT molecular complexity index is 643. The molecule has 2 heterocycles. The average Bonchev–Trinajstić information content (AvgIpc) is 2.98. The Morgan fingerprint density at radius 2 is 2.12 bits per heavy atom. The largest absolute Gasteiger partial charge is 0.455 e. The molecular weight excluding hydrogens is 239 g/mol. The molecule has 0 spiro atoms. The number of thiophene rings is 1. The van der Waals surface area contributed by atoms with Crippen LogP contribution in [0.2, 0.25) is 0 Å². The number of aliphatic hydroxyl groups is 1. The Morgan fingerprint density at radius 1 is 1.24 bits per heavy atom. The Kier molecular flexibility index (Phi) is 2.46. The highest BCUT2D eigenvalue weighted by Gasteiger charge is 2.17. The zero-order chi connectivity index (χ0) is 11.8. The van der Waals surface area contributed by atoms with Crippen molar-refractivity contribution >= 4 is 22.3 Å². The number of rotatable bonds is 2. The van der Waals surface area contributed by atoms with Crippen LogP contribution in [-0.2, 0) is 0 Å². The summed E-state index contributed by atoms with van der Waals surface area (Å²) in [5.41, 5.74) is 0.193. The highest BCUT2D eigenvalue weighted by Crippen LogP contribution is 2.31. The summed E-state index contributed by atoms with van der Waals surface area (Å²) >= 11 is 1.44. The number of furan rings is 1. The van der Waals surface area contributed by atoms with Gasteiger partial charge in [-0.1, -0.05) is 18.2 Å². The van der Waals surface area contributed by atoms with Gasteiger partial charge in [0.05, 0.1) is 0 Å². The number of halogens is 1. The molecule has 0 radical (unpaired) electrons. The van der Waals surface area contributed by atoms with E-state index < -0.39 is 11.9 Å². The van der Waals surface area contributed by atoms with Gasteiger partial charge in [0.15, 0.2) is 11.4 Å². The molecule has 0 aliphatic carbocycles. The Labute approximate surface area is 101 Å². The molecule has 0 fully saturated rings. The van der Waals surface area contributed by atoms with Crippen molar-refractivity contribution in [3.63, 3.8) is 0 Å². The molecule has 3 rings (SSSR count). The molecule has 86 valence electrons. The van der Waals surface area contributed by atoms with Crippen LogP contribution in [-0.4, -0.2) is 5.11 Å². The standard InChI is InChI=1S/C13H9FO2S/c14-9-4-1-3-8-7-10(16-13(8)9)12(15)11-5-2-6-17-11/h1-7,12,15H. The molecule has 0 bridgehead atoms. The van der Waals surface area contributed by atoms with Crippen LogP contribution in [0.15, 0.2) is 46.2 Å². The fraction of sp³-hybridized carbons (Fsp3) is 0.0769. The van der Waals surface area contributed by atoms with Crippen LogP contribution in [0.3, 0.4) is 0 Å². The van der Waals surface area contributed by atoms with Crippen LogP contribution < -0.4 is 0 Å². The van der Waals surface area contributed by atoms with Crippen molar-refractivity contribution in [1.82, 2.24) is 0 Å². The number of benzene rings is 1. The Balaban J connectivity index is 2.10. The van der Waals surface area contributed by atoms with E-state index in [0.29, 0.717) is 11.1 Å². The smallest absolute Gasteiger partial charge is 0.170 e. The van der Waals surface area contributed by atoms with Gasteiger partial charge in [-0.05, 0) is 23.6 Å². The van der Waals surface area contributed by atoms with Crippen LogP contribution in [0.4, 0.5) is 4.39 Å². The topological polar surface area (TPSA) is 33.4 Å². The molecule has 0 aliphatic rings. The fourth-order valence-corrected chi connectivity index (χ4v) is 2.49. The lowest BCUT2D eigenvalue weighted by Gasteiger charge is -2.03. The predicted molar refractivity (Wildman–Crippen MR) is 64.6 cm³/mol. The van der Waals surface area contributed by atoms with Gasteiger partial charge < -0.3 is 9.52 Å². The van der Waals surface area contributed by atoms with Gasteiger partial charge in [-0.25, -0.2) is 4.39 Å². The van der Waals surface area contributed by atoms with Crippen LogP contribution in [0.25, 0.3) is 11.0 Å². The third kappa shape index (κ3) is 1.75. The van der Waals surface area contributed by atoms with E-state index in [0.717, 1.165) is 4.88 Å². The van der Waals surface area contributed by atoms with Crippen molar-refractivity contribution in [3.05, 3.63) is 58.2 Å². The number of aliphatic hydroxyl groups excluding tert-OH is 1. The summed E-state index contributed by atoms with van der Waals surface area (Å²) < 4.78 is 18.8. The molecule has 0 aliphatic heterocycles. The number of para-hydroxylation sites is 1. The quantitative estimate of drug-likeness (QED) is 0.750. The summed E-state index contributed by atoms with van der Waals surface area (Å²) in [7, 11) is 0. The van der Waals surface area contributed by atoms with Crippen molar-refractivity contribution in [2.75, 3.05) is 0 Å². The second kappa shape index (κ2) is 3.98. The van der Waals surface area contributed by atoms with E-state index in [1.165, 1.54) is 17.4 Å². The highest BCUT2D eigenvalue weighted by molar-refractivity contribution is 7.10. The van der Waals surface area contributed by atoms with Gasteiger partial charge in [-0.2, -0.15) is 0 Å². The summed E-state index contributed by atoms with van der Waals surface area (Å²) in [4.78, 5) is 0.782.